The Morgan fingerprint density at radius 3 is 2.55 bits per heavy atom. The summed E-state index contributed by atoms with van der Waals surface area (Å²) in [4.78, 5) is 4.81. The van der Waals surface area contributed by atoms with E-state index in [4.69, 9.17) is 10.7 Å². The Morgan fingerprint density at radius 1 is 1.10 bits per heavy atom. The van der Waals surface area contributed by atoms with Gasteiger partial charge in [0.2, 0.25) is 0 Å². The molecule has 3 rings (SSSR count). The Morgan fingerprint density at radius 2 is 1.80 bits per heavy atom. The van der Waals surface area contributed by atoms with Crippen LogP contribution in [0.4, 0.5) is 0 Å². The lowest BCUT2D eigenvalue weighted by atomic mass is 9.90. The molecule has 0 amide bonds. The van der Waals surface area contributed by atoms with E-state index in [1.165, 1.54) is 38.5 Å². The van der Waals surface area contributed by atoms with E-state index in [1.807, 2.05) is 12.1 Å². The zero-order chi connectivity index (χ0) is 13.9. The molecule has 2 N–H and O–H groups in total. The number of hydrogen-bond donors (Lipinski definition) is 1. The number of pyridine rings is 1. The first-order chi connectivity index (χ1) is 9.75. The van der Waals surface area contributed by atoms with Crippen LogP contribution in [0.2, 0.25) is 0 Å². The van der Waals surface area contributed by atoms with Gasteiger partial charge in [-0.05, 0) is 46.8 Å². The Labute approximate surface area is 128 Å². The smallest absolute Gasteiger partial charge is 0.0723 e. The number of halogens is 1. The number of nitrogens with two attached hydrogens (primary N) is 1. The van der Waals surface area contributed by atoms with Gasteiger partial charge >= 0.3 is 0 Å². The molecule has 1 aliphatic carbocycles. The first kappa shape index (κ1) is 14.0. The third-order valence-electron chi connectivity index (χ3n) is 4.43. The van der Waals surface area contributed by atoms with Gasteiger partial charge in [0.1, 0.15) is 0 Å². The van der Waals surface area contributed by atoms with Crippen LogP contribution in [-0.2, 0) is 0 Å². The van der Waals surface area contributed by atoms with Crippen LogP contribution in [0.1, 0.15) is 50.3 Å². The van der Waals surface area contributed by atoms with Crippen LogP contribution >= 0.6 is 15.9 Å². The van der Waals surface area contributed by atoms with Crippen molar-refractivity contribution >= 4 is 26.8 Å². The van der Waals surface area contributed by atoms with Gasteiger partial charge in [0.05, 0.1) is 17.3 Å². The quantitative estimate of drug-likeness (QED) is 0.788. The molecule has 0 aliphatic heterocycles. The van der Waals surface area contributed by atoms with E-state index >= 15 is 0 Å². The van der Waals surface area contributed by atoms with Crippen molar-refractivity contribution in [3.8, 4) is 0 Å². The monoisotopic (exact) mass is 332 g/mol. The van der Waals surface area contributed by atoms with Gasteiger partial charge in [0.25, 0.3) is 0 Å². The first-order valence-corrected chi connectivity index (χ1v) is 8.36. The van der Waals surface area contributed by atoms with E-state index in [0.29, 0.717) is 5.92 Å². The Kier molecular flexibility index (Phi) is 4.37. The molecule has 2 nitrogen and oxygen atoms in total. The van der Waals surface area contributed by atoms with E-state index in [1.54, 1.807) is 0 Å². The molecule has 20 heavy (non-hydrogen) atoms. The fourth-order valence-corrected chi connectivity index (χ4v) is 3.83. The minimum atomic E-state index is 0.0482. The Bertz CT molecular complexity index is 589. The predicted octanol–water partition coefficient (Wildman–Crippen LogP) is 4.97. The molecular formula is C17H21BrN2. The lowest BCUT2D eigenvalue weighted by molar-refractivity contribution is 0.376. The first-order valence-electron chi connectivity index (χ1n) is 7.56. The summed E-state index contributed by atoms with van der Waals surface area (Å²) in [5.74, 6) is 0.572. The van der Waals surface area contributed by atoms with Crippen LogP contribution in [0.3, 0.4) is 0 Å². The second-order valence-electron chi connectivity index (χ2n) is 5.83. The van der Waals surface area contributed by atoms with Gasteiger partial charge in [0.15, 0.2) is 0 Å². The zero-order valence-electron chi connectivity index (χ0n) is 11.7. The highest BCUT2D eigenvalue weighted by Crippen LogP contribution is 2.35. The summed E-state index contributed by atoms with van der Waals surface area (Å²) in [7, 11) is 0. The van der Waals surface area contributed by atoms with Crippen LogP contribution in [0.25, 0.3) is 10.9 Å². The molecular weight excluding hydrogens is 312 g/mol. The molecule has 1 heterocycles. The van der Waals surface area contributed by atoms with Crippen LogP contribution in [-0.4, -0.2) is 4.98 Å². The van der Waals surface area contributed by atoms with E-state index < -0.39 is 0 Å². The molecule has 106 valence electrons. The highest BCUT2D eigenvalue weighted by Gasteiger charge is 2.24. The molecule has 1 fully saturated rings. The maximum absolute atomic E-state index is 6.54. The van der Waals surface area contributed by atoms with E-state index in [0.717, 1.165) is 21.1 Å². The fraction of sp³-hybridized carbons (Fsp3) is 0.471. The molecule has 3 heteroatoms. The molecule has 1 aromatic heterocycles. The van der Waals surface area contributed by atoms with Crippen LogP contribution < -0.4 is 5.73 Å². The second kappa shape index (κ2) is 6.23. The normalized spacial score (nSPS) is 18.9. The highest BCUT2D eigenvalue weighted by atomic mass is 79.9. The number of rotatable bonds is 2. The molecule has 0 spiro atoms. The molecule has 1 aliphatic rings. The number of fused-ring (bicyclic) bond motifs is 1. The lowest BCUT2D eigenvalue weighted by Crippen LogP contribution is -2.22. The molecule has 0 bridgehead atoms. The summed E-state index contributed by atoms with van der Waals surface area (Å²) < 4.78 is 1.05. The molecule has 1 aromatic carbocycles. The van der Waals surface area contributed by atoms with Gasteiger partial charge in [-0.25, -0.2) is 4.98 Å². The molecule has 1 atom stereocenters. The molecule has 1 unspecified atom stereocenters. The third kappa shape index (κ3) is 2.89. The van der Waals surface area contributed by atoms with E-state index in [-0.39, 0.29) is 6.04 Å². The number of nitrogens with zero attached hydrogens (tertiary/aromatic N) is 1. The summed E-state index contributed by atoms with van der Waals surface area (Å²) >= 11 is 3.66. The average Bonchev–Trinajstić information content (AvgIpc) is 2.75. The summed E-state index contributed by atoms with van der Waals surface area (Å²) in [6.45, 7) is 0. The van der Waals surface area contributed by atoms with Gasteiger partial charge in [-0.15, -0.1) is 0 Å². The van der Waals surface area contributed by atoms with E-state index in [9.17, 15) is 0 Å². The Hall–Kier alpha value is -0.930. The molecule has 1 saturated carbocycles. The predicted molar refractivity (Wildman–Crippen MR) is 87.6 cm³/mol. The lowest BCUT2D eigenvalue weighted by Gasteiger charge is -2.23. The Balaban J connectivity index is 1.93. The molecule has 2 aromatic rings. The highest BCUT2D eigenvalue weighted by molar-refractivity contribution is 9.10. The fourth-order valence-electron chi connectivity index (χ4n) is 3.23. The van der Waals surface area contributed by atoms with Gasteiger partial charge in [-0.1, -0.05) is 43.9 Å². The topological polar surface area (TPSA) is 38.9 Å². The van der Waals surface area contributed by atoms with Crippen molar-refractivity contribution < 1.29 is 0 Å². The average molecular weight is 333 g/mol. The second-order valence-corrected chi connectivity index (χ2v) is 6.68. The number of aromatic nitrogens is 1. The van der Waals surface area contributed by atoms with Gasteiger partial charge in [-0.2, -0.15) is 0 Å². The van der Waals surface area contributed by atoms with Crippen molar-refractivity contribution in [1.82, 2.24) is 4.98 Å². The van der Waals surface area contributed by atoms with Gasteiger partial charge < -0.3 is 5.73 Å². The molecule has 0 radical (unpaired) electrons. The number of hydrogen-bond acceptors (Lipinski definition) is 2. The van der Waals surface area contributed by atoms with E-state index in [2.05, 4.69) is 34.1 Å². The minimum Gasteiger partial charge on any atom is -0.322 e. The standard InChI is InChI=1S/C17H21BrN2/c18-14-11-13-9-5-6-10-15(13)20-17(14)16(19)12-7-3-1-2-4-8-12/h5-6,9-12,16H,1-4,7-8,19H2. The third-order valence-corrected chi connectivity index (χ3v) is 5.06. The van der Waals surface area contributed by atoms with Crippen molar-refractivity contribution in [3.63, 3.8) is 0 Å². The van der Waals surface area contributed by atoms with Crippen molar-refractivity contribution in [2.24, 2.45) is 11.7 Å². The van der Waals surface area contributed by atoms with Crippen molar-refractivity contribution in [1.29, 1.82) is 0 Å². The number of para-hydroxylation sites is 1. The largest absolute Gasteiger partial charge is 0.322 e. The maximum atomic E-state index is 6.54. The summed E-state index contributed by atoms with van der Waals surface area (Å²) in [5, 5.41) is 1.16. The van der Waals surface area contributed by atoms with Crippen molar-refractivity contribution in [2.75, 3.05) is 0 Å². The summed E-state index contributed by atoms with van der Waals surface area (Å²) in [6, 6.07) is 10.4. The number of benzene rings is 1. The SMILES string of the molecule is NC(c1nc2ccccc2cc1Br)C1CCCCCC1. The summed E-state index contributed by atoms with van der Waals surface area (Å²) in [6.07, 6.45) is 7.81. The van der Waals surface area contributed by atoms with Crippen LogP contribution in [0.15, 0.2) is 34.8 Å². The van der Waals surface area contributed by atoms with Gasteiger partial charge in [-0.3, -0.25) is 0 Å². The van der Waals surface area contributed by atoms with Crippen molar-refractivity contribution in [3.05, 3.63) is 40.5 Å². The van der Waals surface area contributed by atoms with Crippen LogP contribution in [0.5, 0.6) is 0 Å². The van der Waals surface area contributed by atoms with Crippen LogP contribution in [0, 0.1) is 5.92 Å². The van der Waals surface area contributed by atoms with Crippen molar-refractivity contribution in [2.45, 2.75) is 44.6 Å². The molecule has 0 saturated heterocycles. The summed E-state index contributed by atoms with van der Waals surface area (Å²) in [5.41, 5.74) is 8.60. The minimum absolute atomic E-state index is 0.0482. The van der Waals surface area contributed by atoms with Gasteiger partial charge in [0, 0.05) is 9.86 Å². The maximum Gasteiger partial charge on any atom is 0.0723 e. The zero-order valence-corrected chi connectivity index (χ0v) is 13.3.